The highest BCUT2D eigenvalue weighted by Gasteiger charge is 2.06. The molecular weight excluding hydrogens is 250 g/mol. The summed E-state index contributed by atoms with van der Waals surface area (Å²) in [6.45, 7) is 2.71. The number of hydrogen-bond donors (Lipinski definition) is 0. The molecule has 0 atom stereocenters. The fourth-order valence-electron chi connectivity index (χ4n) is 1.92. The highest BCUT2D eigenvalue weighted by molar-refractivity contribution is 5.94. The summed E-state index contributed by atoms with van der Waals surface area (Å²) in [5, 5.41) is 0. The Bertz CT molecular complexity index is 552. The van der Waals surface area contributed by atoms with Crippen molar-refractivity contribution in [1.82, 2.24) is 9.97 Å². The molecule has 2 aromatic rings. The van der Waals surface area contributed by atoms with Crippen molar-refractivity contribution >= 4 is 11.5 Å². The molecule has 4 nitrogen and oxygen atoms in total. The lowest BCUT2D eigenvalue weighted by atomic mass is 10.2. The van der Waals surface area contributed by atoms with E-state index in [2.05, 4.69) is 14.9 Å². The Balaban J connectivity index is 1.95. The Morgan fingerprint density at radius 3 is 2.65 bits per heavy atom. The maximum absolute atomic E-state index is 11.5. The van der Waals surface area contributed by atoms with E-state index in [0.29, 0.717) is 12.1 Å². The van der Waals surface area contributed by atoms with Gasteiger partial charge in [0.1, 0.15) is 5.69 Å². The van der Waals surface area contributed by atoms with E-state index in [1.807, 2.05) is 44.4 Å². The van der Waals surface area contributed by atoms with E-state index in [9.17, 15) is 4.79 Å². The largest absolute Gasteiger partial charge is 0.373 e. The van der Waals surface area contributed by atoms with Crippen LogP contribution in [0.4, 0.5) is 5.69 Å². The van der Waals surface area contributed by atoms with Gasteiger partial charge in [-0.25, -0.2) is 0 Å². The lowest BCUT2D eigenvalue weighted by Gasteiger charge is -2.18. The first-order chi connectivity index (χ1) is 9.70. The van der Waals surface area contributed by atoms with E-state index >= 15 is 0 Å². The minimum Gasteiger partial charge on any atom is -0.373 e. The van der Waals surface area contributed by atoms with Gasteiger partial charge in [0.25, 0.3) is 0 Å². The van der Waals surface area contributed by atoms with Gasteiger partial charge in [-0.1, -0.05) is 13.0 Å². The summed E-state index contributed by atoms with van der Waals surface area (Å²) >= 11 is 0. The fourth-order valence-corrected chi connectivity index (χ4v) is 1.92. The van der Waals surface area contributed by atoms with Gasteiger partial charge in [-0.15, -0.1) is 0 Å². The number of carbonyl (C=O) groups excluding carboxylic acids is 1. The smallest absolute Gasteiger partial charge is 0.180 e. The van der Waals surface area contributed by atoms with Gasteiger partial charge in [0.15, 0.2) is 5.78 Å². The number of aromatic nitrogens is 2. The third kappa shape index (κ3) is 3.63. The van der Waals surface area contributed by atoms with Crippen molar-refractivity contribution in [3.8, 4) is 0 Å². The molecule has 0 saturated carbocycles. The second kappa shape index (κ2) is 6.80. The maximum Gasteiger partial charge on any atom is 0.180 e. The summed E-state index contributed by atoms with van der Waals surface area (Å²) < 4.78 is 0. The van der Waals surface area contributed by atoms with Gasteiger partial charge in [-0.3, -0.25) is 14.8 Å². The van der Waals surface area contributed by atoms with Gasteiger partial charge in [0.2, 0.25) is 0 Å². The van der Waals surface area contributed by atoms with Crippen LogP contribution in [0.1, 0.15) is 29.5 Å². The number of pyridine rings is 2. The Labute approximate surface area is 119 Å². The predicted octanol–water partition coefficient (Wildman–Crippen LogP) is 2.75. The minimum atomic E-state index is 0.0766. The molecule has 0 unspecified atom stereocenters. The molecule has 0 N–H and O–H groups in total. The zero-order valence-electron chi connectivity index (χ0n) is 11.9. The van der Waals surface area contributed by atoms with E-state index in [-0.39, 0.29) is 5.78 Å². The van der Waals surface area contributed by atoms with Crippen molar-refractivity contribution in [2.45, 2.75) is 19.8 Å². The fraction of sp³-hybridized carbons (Fsp3) is 0.312. The van der Waals surface area contributed by atoms with Gasteiger partial charge in [0.05, 0.1) is 11.9 Å². The third-order valence-corrected chi connectivity index (χ3v) is 3.22. The predicted molar refractivity (Wildman–Crippen MR) is 80.1 cm³/mol. The van der Waals surface area contributed by atoms with E-state index in [0.717, 1.165) is 24.3 Å². The maximum atomic E-state index is 11.5. The van der Waals surface area contributed by atoms with Gasteiger partial charge < -0.3 is 4.90 Å². The van der Waals surface area contributed by atoms with Crippen LogP contribution in [0.5, 0.6) is 0 Å². The Kier molecular flexibility index (Phi) is 4.82. The average Bonchev–Trinajstić information content (AvgIpc) is 2.53. The second-order valence-electron chi connectivity index (χ2n) is 4.67. The van der Waals surface area contributed by atoms with Crippen molar-refractivity contribution in [2.24, 2.45) is 0 Å². The van der Waals surface area contributed by atoms with Gasteiger partial charge >= 0.3 is 0 Å². The van der Waals surface area contributed by atoms with Crippen molar-refractivity contribution in [1.29, 1.82) is 0 Å². The topological polar surface area (TPSA) is 46.1 Å². The number of anilines is 1. The van der Waals surface area contributed by atoms with E-state index in [1.165, 1.54) is 0 Å². The molecule has 0 aliphatic carbocycles. The van der Waals surface area contributed by atoms with Crippen LogP contribution in [0.2, 0.25) is 0 Å². The second-order valence-corrected chi connectivity index (χ2v) is 4.67. The molecule has 0 spiro atoms. The van der Waals surface area contributed by atoms with Crippen LogP contribution in [0, 0.1) is 0 Å². The molecule has 0 radical (unpaired) electrons. The van der Waals surface area contributed by atoms with Crippen LogP contribution < -0.4 is 4.90 Å². The average molecular weight is 269 g/mol. The summed E-state index contributed by atoms with van der Waals surface area (Å²) in [7, 11) is 2.02. The first kappa shape index (κ1) is 14.2. The van der Waals surface area contributed by atoms with Gasteiger partial charge in [-0.2, -0.15) is 0 Å². The van der Waals surface area contributed by atoms with Crippen LogP contribution in [-0.2, 0) is 6.42 Å². The Morgan fingerprint density at radius 1 is 1.20 bits per heavy atom. The number of Topliss-reactive ketones (excluding diaryl/α,β-unsaturated/α-hetero) is 1. The molecule has 4 heteroatoms. The number of carbonyl (C=O) groups is 1. The molecule has 20 heavy (non-hydrogen) atoms. The van der Waals surface area contributed by atoms with E-state index in [4.69, 9.17) is 0 Å². The number of likely N-dealkylation sites (N-methyl/N-ethyl adjacent to an activating group) is 1. The van der Waals surface area contributed by atoms with Crippen LogP contribution in [-0.4, -0.2) is 29.3 Å². The molecule has 2 heterocycles. The molecule has 0 aliphatic rings. The first-order valence-electron chi connectivity index (χ1n) is 6.81. The highest BCUT2D eigenvalue weighted by atomic mass is 16.1. The molecular formula is C16H19N3O. The summed E-state index contributed by atoms with van der Waals surface area (Å²) in [6.07, 6.45) is 4.93. The molecule has 0 aromatic carbocycles. The van der Waals surface area contributed by atoms with E-state index < -0.39 is 0 Å². The van der Waals surface area contributed by atoms with Crippen LogP contribution in [0.15, 0.2) is 42.7 Å². The summed E-state index contributed by atoms with van der Waals surface area (Å²) in [6, 6.07) is 9.66. The molecule has 0 fully saturated rings. The van der Waals surface area contributed by atoms with E-state index in [1.54, 1.807) is 12.3 Å². The number of rotatable bonds is 6. The summed E-state index contributed by atoms with van der Waals surface area (Å²) in [5.74, 6) is 0.0766. The number of hydrogen-bond acceptors (Lipinski definition) is 4. The molecule has 104 valence electrons. The Hall–Kier alpha value is -2.23. The monoisotopic (exact) mass is 269 g/mol. The van der Waals surface area contributed by atoms with Crippen LogP contribution >= 0.6 is 0 Å². The number of ketones is 1. The van der Waals surface area contributed by atoms with Crippen molar-refractivity contribution < 1.29 is 4.79 Å². The molecule has 0 amide bonds. The summed E-state index contributed by atoms with van der Waals surface area (Å²) in [4.78, 5) is 22.2. The Morgan fingerprint density at radius 2 is 2.05 bits per heavy atom. The summed E-state index contributed by atoms with van der Waals surface area (Å²) in [5.41, 5.74) is 2.62. The molecule has 0 aliphatic heterocycles. The SMILES string of the molecule is CCC(=O)c1ccc(N(C)CCc2ccccn2)cn1. The molecule has 0 saturated heterocycles. The lowest BCUT2D eigenvalue weighted by molar-refractivity contribution is 0.0983. The lowest BCUT2D eigenvalue weighted by Crippen LogP contribution is -2.21. The van der Waals surface area contributed by atoms with Crippen LogP contribution in [0.3, 0.4) is 0 Å². The van der Waals surface area contributed by atoms with Crippen molar-refractivity contribution in [3.63, 3.8) is 0 Å². The zero-order chi connectivity index (χ0) is 14.4. The minimum absolute atomic E-state index is 0.0766. The molecule has 0 bridgehead atoms. The molecule has 2 aromatic heterocycles. The van der Waals surface area contributed by atoms with Crippen molar-refractivity contribution in [2.75, 3.05) is 18.5 Å². The van der Waals surface area contributed by atoms with Crippen molar-refractivity contribution in [3.05, 3.63) is 54.1 Å². The third-order valence-electron chi connectivity index (χ3n) is 3.22. The zero-order valence-corrected chi connectivity index (χ0v) is 11.9. The first-order valence-corrected chi connectivity index (χ1v) is 6.81. The van der Waals surface area contributed by atoms with Crippen LogP contribution in [0.25, 0.3) is 0 Å². The quantitative estimate of drug-likeness (QED) is 0.756. The highest BCUT2D eigenvalue weighted by Crippen LogP contribution is 2.12. The van der Waals surface area contributed by atoms with Gasteiger partial charge in [0, 0.05) is 38.3 Å². The van der Waals surface area contributed by atoms with Gasteiger partial charge in [-0.05, 0) is 24.3 Å². The molecule has 2 rings (SSSR count). The normalized spacial score (nSPS) is 10.3. The number of nitrogens with zero attached hydrogens (tertiary/aromatic N) is 3. The standard InChI is InChI=1S/C16H19N3O/c1-3-16(20)15-8-7-14(12-18-15)19(2)11-9-13-6-4-5-10-17-13/h4-8,10,12H,3,9,11H2,1-2H3.